The fourth-order valence-electron chi connectivity index (χ4n) is 2.14. The summed E-state index contributed by atoms with van der Waals surface area (Å²) in [5.41, 5.74) is -1.64. The lowest BCUT2D eigenvalue weighted by molar-refractivity contribution is -0.137. The highest BCUT2D eigenvalue weighted by atomic mass is 79.9. The van der Waals surface area contributed by atoms with Gasteiger partial charge in [0.2, 0.25) is 10.9 Å². The molecule has 23 heavy (non-hydrogen) atoms. The molecule has 0 unspecified atom stereocenters. The summed E-state index contributed by atoms with van der Waals surface area (Å²) in [6.45, 7) is 1.08. The van der Waals surface area contributed by atoms with E-state index in [1.54, 1.807) is 6.92 Å². The van der Waals surface area contributed by atoms with Gasteiger partial charge in [0, 0.05) is 6.20 Å². The molecule has 0 atom stereocenters. The number of carbonyl (C=O) groups excluding carboxylic acids is 1. The van der Waals surface area contributed by atoms with Gasteiger partial charge < -0.3 is 14.4 Å². The molecule has 2 aromatic rings. The van der Waals surface area contributed by atoms with Gasteiger partial charge in [0.15, 0.2) is 0 Å². The molecule has 0 saturated heterocycles. The van der Waals surface area contributed by atoms with E-state index in [4.69, 9.17) is 9.84 Å². The zero-order chi connectivity index (χ0) is 17.1. The van der Waals surface area contributed by atoms with Crippen molar-refractivity contribution >= 4 is 38.8 Å². The second kappa shape index (κ2) is 6.74. The third kappa shape index (κ3) is 3.31. The molecule has 0 fully saturated rings. The summed E-state index contributed by atoms with van der Waals surface area (Å²) in [7, 11) is 0. The topological polar surface area (TPSA) is 103 Å². The van der Waals surface area contributed by atoms with Gasteiger partial charge in [0.05, 0.1) is 16.5 Å². The van der Waals surface area contributed by atoms with Crippen molar-refractivity contribution in [1.29, 1.82) is 0 Å². The van der Waals surface area contributed by atoms with Crippen molar-refractivity contribution in [2.75, 3.05) is 6.61 Å². The zero-order valence-electron chi connectivity index (χ0n) is 12.0. The van der Waals surface area contributed by atoms with Crippen molar-refractivity contribution in [2.45, 2.75) is 13.5 Å². The van der Waals surface area contributed by atoms with E-state index < -0.39 is 29.3 Å². The Morgan fingerprint density at radius 3 is 2.57 bits per heavy atom. The Bertz CT molecular complexity index is 918. The molecule has 1 aromatic heterocycles. The van der Waals surface area contributed by atoms with Gasteiger partial charge in [0.1, 0.15) is 17.6 Å². The van der Waals surface area contributed by atoms with E-state index in [-0.39, 0.29) is 27.5 Å². The van der Waals surface area contributed by atoms with Crippen LogP contribution in [0.15, 0.2) is 38.5 Å². The van der Waals surface area contributed by atoms with Crippen molar-refractivity contribution in [3.63, 3.8) is 0 Å². The maximum atomic E-state index is 12.5. The molecule has 7 nitrogen and oxygen atoms in total. The monoisotopic (exact) mass is 381 g/mol. The molecular weight excluding hydrogens is 370 g/mol. The normalized spacial score (nSPS) is 10.5. The van der Waals surface area contributed by atoms with Gasteiger partial charge in [-0.05, 0) is 35.0 Å². The summed E-state index contributed by atoms with van der Waals surface area (Å²) < 4.78 is 6.05. The summed E-state index contributed by atoms with van der Waals surface area (Å²) in [5.74, 6) is -2.08. The Morgan fingerprint density at radius 2 is 1.96 bits per heavy atom. The standard InChI is InChI=1S/C15H12BrNO6/c1-2-23-15(22)9-6-17(7-11(18)19)12-8(13(9)20)4-3-5-10(16)14(12)21/h3-6H,2,7H2,1H3,(H,18,19). The minimum Gasteiger partial charge on any atom is -0.480 e. The number of carboxylic acids is 1. The van der Waals surface area contributed by atoms with Crippen molar-refractivity contribution in [3.8, 4) is 0 Å². The van der Waals surface area contributed by atoms with Crippen LogP contribution in [-0.2, 0) is 16.1 Å². The third-order valence-corrected chi connectivity index (χ3v) is 3.68. The van der Waals surface area contributed by atoms with Crippen LogP contribution in [-0.4, -0.2) is 28.2 Å². The van der Waals surface area contributed by atoms with Crippen LogP contribution in [0.3, 0.4) is 0 Å². The molecule has 8 heteroatoms. The SMILES string of the molecule is CCOC(=O)c1cn(CC(=O)O)c2c(=O)c(Br)cccc2c1=O. The first-order valence-electron chi connectivity index (χ1n) is 6.61. The van der Waals surface area contributed by atoms with Crippen LogP contribution in [0.25, 0.3) is 10.9 Å². The second-order valence-electron chi connectivity index (χ2n) is 4.58. The highest BCUT2D eigenvalue weighted by molar-refractivity contribution is 9.10. The molecule has 0 aliphatic carbocycles. The minimum atomic E-state index is -1.22. The quantitative estimate of drug-likeness (QED) is 0.802. The largest absolute Gasteiger partial charge is 0.480 e. The Hall–Kier alpha value is -2.48. The number of esters is 1. The molecule has 2 rings (SSSR count). The number of carbonyl (C=O) groups is 2. The Kier molecular flexibility index (Phi) is 4.95. The number of halogens is 1. The van der Waals surface area contributed by atoms with Gasteiger partial charge in [0.25, 0.3) is 0 Å². The molecule has 0 aliphatic heterocycles. The first-order valence-corrected chi connectivity index (χ1v) is 7.41. The predicted octanol–water partition coefficient (Wildman–Crippen LogP) is 1.39. The third-order valence-electron chi connectivity index (χ3n) is 3.05. The van der Waals surface area contributed by atoms with Crippen molar-refractivity contribution in [3.05, 3.63) is 54.9 Å². The molecule has 1 aromatic carbocycles. The summed E-state index contributed by atoms with van der Waals surface area (Å²) >= 11 is 3.08. The van der Waals surface area contributed by atoms with Crippen molar-refractivity contribution in [2.24, 2.45) is 0 Å². The maximum Gasteiger partial charge on any atom is 0.343 e. The average molecular weight is 382 g/mol. The van der Waals surface area contributed by atoms with E-state index >= 15 is 0 Å². The van der Waals surface area contributed by atoms with E-state index in [1.165, 1.54) is 18.2 Å². The number of hydrogen-bond donors (Lipinski definition) is 1. The molecule has 120 valence electrons. The molecule has 1 heterocycles. The molecule has 0 radical (unpaired) electrons. The van der Waals surface area contributed by atoms with Crippen LogP contribution in [0.1, 0.15) is 17.3 Å². The Morgan fingerprint density at radius 1 is 1.26 bits per heavy atom. The van der Waals surface area contributed by atoms with Gasteiger partial charge in [-0.2, -0.15) is 0 Å². The van der Waals surface area contributed by atoms with Crippen LogP contribution in [0.5, 0.6) is 0 Å². The van der Waals surface area contributed by atoms with Crippen LogP contribution < -0.4 is 10.9 Å². The highest BCUT2D eigenvalue weighted by Crippen LogP contribution is 2.12. The van der Waals surface area contributed by atoms with Crippen LogP contribution >= 0.6 is 15.9 Å². The summed E-state index contributed by atoms with van der Waals surface area (Å²) in [4.78, 5) is 47.8. The summed E-state index contributed by atoms with van der Waals surface area (Å²) in [5, 5.41) is 8.97. The first kappa shape index (κ1) is 16.9. The number of aromatic nitrogens is 1. The lowest BCUT2D eigenvalue weighted by Crippen LogP contribution is -2.24. The average Bonchev–Trinajstić information content (AvgIpc) is 2.62. The maximum absolute atomic E-state index is 12.5. The number of fused-ring (bicyclic) bond motifs is 1. The number of carboxylic acid groups (broad SMARTS) is 1. The van der Waals surface area contributed by atoms with Crippen LogP contribution in [0.4, 0.5) is 0 Å². The number of aliphatic carboxylic acids is 1. The van der Waals surface area contributed by atoms with E-state index in [0.717, 1.165) is 10.8 Å². The Labute approximate surface area is 138 Å². The van der Waals surface area contributed by atoms with Gasteiger partial charge in [-0.25, -0.2) is 4.79 Å². The van der Waals surface area contributed by atoms with Crippen molar-refractivity contribution < 1.29 is 19.4 Å². The van der Waals surface area contributed by atoms with Crippen molar-refractivity contribution in [1.82, 2.24) is 4.57 Å². The predicted molar refractivity (Wildman–Crippen MR) is 85.8 cm³/mol. The molecule has 0 amide bonds. The summed E-state index contributed by atoms with van der Waals surface area (Å²) in [6, 6.07) is 4.27. The van der Waals surface area contributed by atoms with Gasteiger partial charge in [-0.1, -0.05) is 6.07 Å². The van der Waals surface area contributed by atoms with E-state index in [9.17, 15) is 19.2 Å². The van der Waals surface area contributed by atoms with Gasteiger partial charge in [-0.15, -0.1) is 0 Å². The fourth-order valence-corrected chi connectivity index (χ4v) is 2.48. The van der Waals surface area contributed by atoms with Gasteiger partial charge >= 0.3 is 11.9 Å². The highest BCUT2D eigenvalue weighted by Gasteiger charge is 2.19. The number of nitrogens with zero attached hydrogens (tertiary/aromatic N) is 1. The number of ether oxygens (including phenoxy) is 1. The minimum absolute atomic E-state index is 0.0486. The molecular formula is C15H12BrNO6. The van der Waals surface area contributed by atoms with Gasteiger partial charge in [-0.3, -0.25) is 14.4 Å². The summed E-state index contributed by atoms with van der Waals surface area (Å²) in [6.07, 6.45) is 1.05. The fraction of sp³-hybridized carbons (Fsp3) is 0.200. The van der Waals surface area contributed by atoms with Crippen LogP contribution in [0.2, 0.25) is 0 Å². The molecule has 0 spiro atoms. The smallest absolute Gasteiger partial charge is 0.343 e. The molecule has 0 aliphatic rings. The zero-order valence-corrected chi connectivity index (χ0v) is 13.6. The second-order valence-corrected chi connectivity index (χ2v) is 5.43. The lowest BCUT2D eigenvalue weighted by atomic mass is 10.1. The molecule has 0 saturated carbocycles. The lowest BCUT2D eigenvalue weighted by Gasteiger charge is -2.09. The number of pyridine rings is 1. The van der Waals surface area contributed by atoms with Crippen LogP contribution in [0, 0.1) is 0 Å². The number of rotatable bonds is 4. The van der Waals surface area contributed by atoms with E-state index in [1.807, 2.05) is 0 Å². The van der Waals surface area contributed by atoms with E-state index in [0.29, 0.717) is 0 Å². The molecule has 1 N–H and O–H groups in total. The Balaban J connectivity index is 2.96. The van der Waals surface area contributed by atoms with E-state index in [2.05, 4.69) is 15.9 Å². The molecule has 0 bridgehead atoms. The number of hydrogen-bond acceptors (Lipinski definition) is 5. The first-order chi connectivity index (χ1) is 10.9.